The van der Waals surface area contributed by atoms with Crippen LogP contribution in [0, 0.1) is 0 Å². The Kier molecular flexibility index (Phi) is 9.62. The zero-order valence-electron chi connectivity index (χ0n) is 11.3. The molecule has 6 nitrogen and oxygen atoms in total. The summed E-state index contributed by atoms with van der Waals surface area (Å²) in [4.78, 5) is 4.15. The number of nitrogens with one attached hydrogen (secondary N) is 2. The Morgan fingerprint density at radius 3 is 2.78 bits per heavy atom. The molecule has 1 aromatic rings. The lowest BCUT2D eigenvalue weighted by atomic mass is 10.3. The van der Waals surface area contributed by atoms with Gasteiger partial charge in [-0.15, -0.1) is 34.2 Å². The molecule has 1 heterocycles. The van der Waals surface area contributed by atoms with Crippen LogP contribution in [0.2, 0.25) is 0 Å². The van der Waals surface area contributed by atoms with Crippen molar-refractivity contribution in [1.29, 1.82) is 0 Å². The van der Waals surface area contributed by atoms with Gasteiger partial charge in [0.2, 0.25) is 0 Å². The van der Waals surface area contributed by atoms with Crippen molar-refractivity contribution >= 4 is 29.9 Å². The average Bonchev–Trinajstić information content (AvgIpc) is 2.81. The number of guanidine groups is 1. The molecule has 0 atom stereocenters. The highest BCUT2D eigenvalue weighted by Gasteiger charge is 2.03. The van der Waals surface area contributed by atoms with Crippen molar-refractivity contribution < 1.29 is 0 Å². The minimum Gasteiger partial charge on any atom is -0.356 e. The lowest BCUT2D eigenvalue weighted by Crippen LogP contribution is -2.37. The number of rotatable bonds is 6. The van der Waals surface area contributed by atoms with Crippen LogP contribution < -0.4 is 10.6 Å². The molecule has 0 aliphatic carbocycles. The average molecular weight is 366 g/mol. The molecule has 18 heavy (non-hydrogen) atoms. The van der Waals surface area contributed by atoms with Crippen LogP contribution >= 0.6 is 24.0 Å². The molecule has 0 spiro atoms. The Hall–Kier alpha value is -0.860. The van der Waals surface area contributed by atoms with E-state index >= 15 is 0 Å². The Balaban J connectivity index is 0.00000289. The van der Waals surface area contributed by atoms with Crippen molar-refractivity contribution in [2.75, 3.05) is 13.6 Å². The van der Waals surface area contributed by atoms with E-state index < -0.39 is 0 Å². The first-order chi connectivity index (χ1) is 8.31. The number of aromatic nitrogens is 3. The maximum atomic E-state index is 4.15. The third-order valence-corrected chi connectivity index (χ3v) is 2.50. The second-order valence-electron chi connectivity index (χ2n) is 3.74. The highest BCUT2D eigenvalue weighted by molar-refractivity contribution is 14.0. The van der Waals surface area contributed by atoms with Gasteiger partial charge in [0.1, 0.15) is 6.33 Å². The number of hydrogen-bond acceptors (Lipinski definition) is 3. The summed E-state index contributed by atoms with van der Waals surface area (Å²) in [5.41, 5.74) is 0. The molecule has 0 aliphatic rings. The first-order valence-corrected chi connectivity index (χ1v) is 6.13. The van der Waals surface area contributed by atoms with Crippen LogP contribution in [0.15, 0.2) is 11.3 Å². The third kappa shape index (κ3) is 5.65. The molecule has 0 unspecified atom stereocenters. The first kappa shape index (κ1) is 17.1. The van der Waals surface area contributed by atoms with Crippen LogP contribution in [0.25, 0.3) is 0 Å². The summed E-state index contributed by atoms with van der Waals surface area (Å²) < 4.78 is 2.01. The van der Waals surface area contributed by atoms with Gasteiger partial charge in [0, 0.05) is 20.1 Å². The van der Waals surface area contributed by atoms with E-state index in [1.807, 2.05) is 4.57 Å². The van der Waals surface area contributed by atoms with E-state index in [0.717, 1.165) is 31.3 Å². The van der Waals surface area contributed by atoms with Crippen molar-refractivity contribution in [2.45, 2.75) is 39.8 Å². The lowest BCUT2D eigenvalue weighted by Gasteiger charge is -2.11. The fourth-order valence-corrected chi connectivity index (χ4v) is 1.45. The van der Waals surface area contributed by atoms with Crippen LogP contribution in [0.4, 0.5) is 0 Å². The van der Waals surface area contributed by atoms with Crippen LogP contribution in [-0.2, 0) is 13.1 Å². The molecule has 0 bridgehead atoms. The summed E-state index contributed by atoms with van der Waals surface area (Å²) in [5, 5.41) is 14.4. The molecule has 0 amide bonds. The molecule has 0 radical (unpaired) electrons. The predicted octanol–water partition coefficient (Wildman–Crippen LogP) is 1.38. The molecule has 0 fully saturated rings. The monoisotopic (exact) mass is 366 g/mol. The predicted molar refractivity (Wildman–Crippen MR) is 84.2 cm³/mol. The van der Waals surface area contributed by atoms with Gasteiger partial charge in [-0.3, -0.25) is 4.99 Å². The van der Waals surface area contributed by atoms with Gasteiger partial charge in [0.25, 0.3) is 0 Å². The quantitative estimate of drug-likeness (QED) is 0.346. The fraction of sp³-hybridized carbons (Fsp3) is 0.727. The zero-order chi connectivity index (χ0) is 12.5. The van der Waals surface area contributed by atoms with Gasteiger partial charge < -0.3 is 15.2 Å². The van der Waals surface area contributed by atoms with E-state index in [1.54, 1.807) is 13.4 Å². The van der Waals surface area contributed by atoms with Gasteiger partial charge in [-0.2, -0.15) is 0 Å². The van der Waals surface area contributed by atoms with E-state index in [1.165, 1.54) is 6.42 Å². The molecular weight excluding hydrogens is 343 g/mol. The summed E-state index contributed by atoms with van der Waals surface area (Å²) in [6.07, 6.45) is 4.06. The molecular formula is C11H23IN6. The van der Waals surface area contributed by atoms with Crippen LogP contribution in [0.5, 0.6) is 0 Å². The van der Waals surface area contributed by atoms with Gasteiger partial charge in [-0.25, -0.2) is 0 Å². The van der Waals surface area contributed by atoms with Crippen LogP contribution in [0.3, 0.4) is 0 Å². The van der Waals surface area contributed by atoms with Gasteiger partial charge in [0.05, 0.1) is 6.54 Å². The molecule has 0 aliphatic heterocycles. The Labute approximate surface area is 126 Å². The Bertz CT molecular complexity index is 349. The number of halogens is 1. The SMILES string of the molecule is CCCCNC(=NC)NCc1nncn1CC.I. The highest BCUT2D eigenvalue weighted by Crippen LogP contribution is 1.93. The molecule has 1 aromatic heterocycles. The number of unbranched alkanes of at least 4 members (excludes halogenated alkanes) is 1. The Morgan fingerprint density at radius 2 is 2.17 bits per heavy atom. The van der Waals surface area contributed by atoms with Crippen molar-refractivity contribution in [1.82, 2.24) is 25.4 Å². The molecule has 0 aromatic carbocycles. The minimum absolute atomic E-state index is 0. The molecule has 7 heteroatoms. The zero-order valence-corrected chi connectivity index (χ0v) is 13.6. The van der Waals surface area contributed by atoms with E-state index in [2.05, 4.69) is 39.7 Å². The summed E-state index contributed by atoms with van der Waals surface area (Å²) in [6, 6.07) is 0. The maximum Gasteiger partial charge on any atom is 0.191 e. The van der Waals surface area contributed by atoms with Crippen LogP contribution in [-0.4, -0.2) is 34.3 Å². The number of aryl methyl sites for hydroxylation is 1. The largest absolute Gasteiger partial charge is 0.356 e. The molecule has 0 saturated heterocycles. The number of aliphatic imine (C=N–C) groups is 1. The molecule has 2 N–H and O–H groups in total. The van der Waals surface area contributed by atoms with E-state index in [4.69, 9.17) is 0 Å². The number of nitrogens with zero attached hydrogens (tertiary/aromatic N) is 4. The summed E-state index contributed by atoms with van der Waals surface area (Å²) in [6.45, 7) is 6.70. The normalized spacial score (nSPS) is 10.9. The second kappa shape index (κ2) is 10.1. The second-order valence-corrected chi connectivity index (χ2v) is 3.74. The molecule has 0 saturated carbocycles. The standard InChI is InChI=1S/C11H22N6.HI/c1-4-6-7-13-11(12-3)14-8-10-16-15-9-17(10)5-2;/h9H,4-8H2,1-3H3,(H2,12,13,14);1H. The van der Waals surface area contributed by atoms with Gasteiger partial charge in [-0.1, -0.05) is 13.3 Å². The van der Waals surface area contributed by atoms with Crippen molar-refractivity contribution in [3.8, 4) is 0 Å². The molecule has 1 rings (SSSR count). The van der Waals surface area contributed by atoms with Gasteiger partial charge in [-0.05, 0) is 13.3 Å². The van der Waals surface area contributed by atoms with E-state index in [9.17, 15) is 0 Å². The van der Waals surface area contributed by atoms with E-state index in [0.29, 0.717) is 6.54 Å². The van der Waals surface area contributed by atoms with Gasteiger partial charge in [0.15, 0.2) is 11.8 Å². The number of hydrogen-bond donors (Lipinski definition) is 2. The lowest BCUT2D eigenvalue weighted by molar-refractivity contribution is 0.665. The fourth-order valence-electron chi connectivity index (χ4n) is 1.45. The summed E-state index contributed by atoms with van der Waals surface area (Å²) in [5.74, 6) is 1.73. The maximum absolute atomic E-state index is 4.15. The summed E-state index contributed by atoms with van der Waals surface area (Å²) in [7, 11) is 1.77. The van der Waals surface area contributed by atoms with Gasteiger partial charge >= 0.3 is 0 Å². The smallest absolute Gasteiger partial charge is 0.191 e. The topological polar surface area (TPSA) is 67.1 Å². The minimum atomic E-state index is 0. The summed E-state index contributed by atoms with van der Waals surface area (Å²) >= 11 is 0. The third-order valence-electron chi connectivity index (χ3n) is 2.50. The Morgan fingerprint density at radius 1 is 1.39 bits per heavy atom. The van der Waals surface area contributed by atoms with E-state index in [-0.39, 0.29) is 24.0 Å². The van der Waals surface area contributed by atoms with Crippen molar-refractivity contribution in [2.24, 2.45) is 4.99 Å². The van der Waals surface area contributed by atoms with Crippen molar-refractivity contribution in [3.63, 3.8) is 0 Å². The first-order valence-electron chi connectivity index (χ1n) is 6.13. The van der Waals surface area contributed by atoms with Crippen LogP contribution in [0.1, 0.15) is 32.5 Å². The highest BCUT2D eigenvalue weighted by atomic mass is 127. The molecule has 104 valence electrons. The van der Waals surface area contributed by atoms with Crippen molar-refractivity contribution in [3.05, 3.63) is 12.2 Å².